The number of amides is 1. The van der Waals surface area contributed by atoms with Gasteiger partial charge in [-0.1, -0.05) is 43.3 Å². The molecule has 3 aromatic rings. The minimum atomic E-state index is -3.94. The predicted molar refractivity (Wildman–Crippen MR) is 138 cm³/mol. The zero-order valence-corrected chi connectivity index (χ0v) is 21.0. The summed E-state index contributed by atoms with van der Waals surface area (Å²) >= 11 is 0. The van der Waals surface area contributed by atoms with E-state index in [4.69, 9.17) is 9.47 Å². The van der Waals surface area contributed by atoms with Gasteiger partial charge in [0.25, 0.3) is 10.0 Å². The molecule has 0 atom stereocenters. The first-order valence-electron chi connectivity index (χ1n) is 11.6. The van der Waals surface area contributed by atoms with E-state index in [2.05, 4.69) is 12.2 Å². The number of hydrogen-bond donors (Lipinski definition) is 1. The van der Waals surface area contributed by atoms with Crippen molar-refractivity contribution in [3.63, 3.8) is 0 Å². The molecule has 186 valence electrons. The van der Waals surface area contributed by atoms with Crippen LogP contribution in [0.4, 0.5) is 5.69 Å². The van der Waals surface area contributed by atoms with Crippen molar-refractivity contribution in [2.24, 2.45) is 0 Å². The van der Waals surface area contributed by atoms with E-state index in [0.29, 0.717) is 31.0 Å². The van der Waals surface area contributed by atoms with E-state index in [1.165, 1.54) is 19.2 Å². The molecule has 0 fully saturated rings. The third kappa shape index (κ3) is 7.23. The van der Waals surface area contributed by atoms with Crippen LogP contribution in [-0.2, 0) is 21.2 Å². The molecule has 0 saturated carbocycles. The molecular formula is C27H32N2O5S. The lowest BCUT2D eigenvalue weighted by Crippen LogP contribution is -2.41. The summed E-state index contributed by atoms with van der Waals surface area (Å²) in [6, 6.07) is 22.5. The van der Waals surface area contributed by atoms with Crippen LogP contribution in [0.2, 0.25) is 0 Å². The maximum Gasteiger partial charge on any atom is 0.264 e. The Balaban J connectivity index is 1.66. The topological polar surface area (TPSA) is 84.9 Å². The van der Waals surface area contributed by atoms with Gasteiger partial charge in [0.2, 0.25) is 5.91 Å². The Labute approximate surface area is 207 Å². The highest BCUT2D eigenvalue weighted by molar-refractivity contribution is 7.92. The third-order valence-corrected chi connectivity index (χ3v) is 7.15. The number of ether oxygens (including phenoxy) is 2. The number of methoxy groups -OCH3 is 1. The molecule has 1 N–H and O–H groups in total. The Hall–Kier alpha value is -3.52. The first-order chi connectivity index (χ1) is 17.0. The molecule has 7 nitrogen and oxygen atoms in total. The number of nitrogens with zero attached hydrogens (tertiary/aromatic N) is 1. The Bertz CT molecular complexity index is 1180. The molecule has 0 aliphatic carbocycles. The van der Waals surface area contributed by atoms with E-state index < -0.39 is 10.0 Å². The number of rotatable bonds is 13. The summed E-state index contributed by atoms with van der Waals surface area (Å²) in [5.74, 6) is 1.08. The summed E-state index contributed by atoms with van der Waals surface area (Å²) in [5, 5.41) is 2.85. The molecule has 35 heavy (non-hydrogen) atoms. The van der Waals surface area contributed by atoms with Gasteiger partial charge in [-0.15, -0.1) is 0 Å². The lowest BCUT2D eigenvalue weighted by molar-refractivity contribution is -0.119. The first-order valence-corrected chi connectivity index (χ1v) is 13.1. The fourth-order valence-electron chi connectivity index (χ4n) is 3.54. The number of aryl methyl sites for hydroxylation is 1. The van der Waals surface area contributed by atoms with Crippen molar-refractivity contribution in [2.75, 3.05) is 31.1 Å². The molecule has 0 radical (unpaired) electrons. The maximum atomic E-state index is 13.4. The van der Waals surface area contributed by atoms with E-state index in [0.717, 1.165) is 28.5 Å². The molecule has 3 aromatic carbocycles. The van der Waals surface area contributed by atoms with Gasteiger partial charge < -0.3 is 14.8 Å². The summed E-state index contributed by atoms with van der Waals surface area (Å²) in [6.07, 6.45) is 2.37. The molecule has 0 aliphatic rings. The fourth-order valence-corrected chi connectivity index (χ4v) is 4.98. The van der Waals surface area contributed by atoms with Crippen LogP contribution in [0.25, 0.3) is 0 Å². The quantitative estimate of drug-likeness (QED) is 0.354. The van der Waals surface area contributed by atoms with Crippen molar-refractivity contribution < 1.29 is 22.7 Å². The molecule has 0 aliphatic heterocycles. The van der Waals surface area contributed by atoms with Crippen LogP contribution in [0.15, 0.2) is 83.8 Å². The normalized spacial score (nSPS) is 11.0. The Morgan fingerprint density at radius 3 is 2.31 bits per heavy atom. The van der Waals surface area contributed by atoms with Crippen molar-refractivity contribution in [3.8, 4) is 11.5 Å². The van der Waals surface area contributed by atoms with Gasteiger partial charge in [0.05, 0.1) is 24.3 Å². The van der Waals surface area contributed by atoms with Gasteiger partial charge in [-0.05, 0) is 67.3 Å². The monoisotopic (exact) mass is 496 g/mol. The SMILES string of the molecule is CCCOc1ccccc1CCCNC(=O)CN(c1ccc(OC)cc1)S(=O)(=O)c1ccccc1. The van der Waals surface area contributed by atoms with Gasteiger partial charge in [0.1, 0.15) is 18.0 Å². The number of hydrogen-bond acceptors (Lipinski definition) is 5. The summed E-state index contributed by atoms with van der Waals surface area (Å²) in [7, 11) is -2.40. The molecule has 0 aromatic heterocycles. The number of anilines is 1. The van der Waals surface area contributed by atoms with E-state index in [9.17, 15) is 13.2 Å². The van der Waals surface area contributed by atoms with E-state index in [1.54, 1.807) is 42.5 Å². The lowest BCUT2D eigenvalue weighted by atomic mass is 10.1. The lowest BCUT2D eigenvalue weighted by Gasteiger charge is -2.24. The third-order valence-electron chi connectivity index (χ3n) is 5.36. The number of carbonyl (C=O) groups is 1. The summed E-state index contributed by atoms with van der Waals surface area (Å²) in [4.78, 5) is 12.9. The second-order valence-electron chi connectivity index (χ2n) is 7.93. The van der Waals surface area contributed by atoms with Crippen molar-refractivity contribution in [1.82, 2.24) is 5.32 Å². The zero-order valence-electron chi connectivity index (χ0n) is 20.1. The average Bonchev–Trinajstić information content (AvgIpc) is 2.89. The van der Waals surface area contributed by atoms with Crippen molar-refractivity contribution in [3.05, 3.63) is 84.4 Å². The van der Waals surface area contributed by atoms with Crippen LogP contribution in [0, 0.1) is 0 Å². The maximum absolute atomic E-state index is 13.4. The fraction of sp³-hybridized carbons (Fsp3) is 0.296. The molecule has 0 heterocycles. The molecule has 0 unspecified atom stereocenters. The smallest absolute Gasteiger partial charge is 0.264 e. The van der Waals surface area contributed by atoms with Gasteiger partial charge in [0.15, 0.2) is 0 Å². The van der Waals surface area contributed by atoms with Crippen molar-refractivity contribution in [1.29, 1.82) is 0 Å². The van der Waals surface area contributed by atoms with Gasteiger partial charge in [-0.25, -0.2) is 8.42 Å². The van der Waals surface area contributed by atoms with Gasteiger partial charge in [-0.2, -0.15) is 0 Å². The largest absolute Gasteiger partial charge is 0.497 e. The minimum Gasteiger partial charge on any atom is -0.497 e. The van der Waals surface area contributed by atoms with Crippen LogP contribution in [0.1, 0.15) is 25.3 Å². The van der Waals surface area contributed by atoms with Gasteiger partial charge in [-0.3, -0.25) is 9.10 Å². The van der Waals surface area contributed by atoms with E-state index in [1.807, 2.05) is 24.3 Å². The molecule has 1 amide bonds. The summed E-state index contributed by atoms with van der Waals surface area (Å²) in [6.45, 7) is 2.80. The molecule has 0 spiro atoms. The molecule has 3 rings (SSSR count). The number of nitrogens with one attached hydrogen (secondary N) is 1. The van der Waals surface area contributed by atoms with Gasteiger partial charge in [0, 0.05) is 6.54 Å². The number of benzene rings is 3. The minimum absolute atomic E-state index is 0.118. The van der Waals surface area contributed by atoms with Crippen molar-refractivity contribution in [2.45, 2.75) is 31.1 Å². The van der Waals surface area contributed by atoms with Crippen LogP contribution in [0.3, 0.4) is 0 Å². The van der Waals surface area contributed by atoms with E-state index >= 15 is 0 Å². The molecular weight excluding hydrogens is 464 g/mol. The second kappa shape index (κ2) is 12.8. The van der Waals surface area contributed by atoms with Crippen LogP contribution in [-0.4, -0.2) is 41.1 Å². The zero-order chi connectivity index (χ0) is 25.1. The first kappa shape index (κ1) is 26.1. The van der Waals surface area contributed by atoms with E-state index in [-0.39, 0.29) is 17.3 Å². The van der Waals surface area contributed by atoms with Crippen LogP contribution < -0.4 is 19.1 Å². The van der Waals surface area contributed by atoms with Gasteiger partial charge >= 0.3 is 0 Å². The Morgan fingerprint density at radius 2 is 1.63 bits per heavy atom. The highest BCUT2D eigenvalue weighted by atomic mass is 32.2. The number of carbonyl (C=O) groups excluding carboxylic acids is 1. The number of para-hydroxylation sites is 1. The average molecular weight is 497 g/mol. The van der Waals surface area contributed by atoms with Crippen LogP contribution >= 0.6 is 0 Å². The van der Waals surface area contributed by atoms with Crippen LogP contribution in [0.5, 0.6) is 11.5 Å². The molecule has 0 saturated heterocycles. The standard InChI is InChI=1S/C27H32N2O5S/c1-3-20-34-26-14-8-7-10-22(26)11-9-19-28-27(30)21-29(23-15-17-24(33-2)18-16-23)35(31,32)25-12-5-4-6-13-25/h4-8,10,12-18H,3,9,11,19-21H2,1-2H3,(H,28,30). The van der Waals surface area contributed by atoms with Crippen molar-refractivity contribution >= 4 is 21.6 Å². The highest BCUT2D eigenvalue weighted by Gasteiger charge is 2.27. The predicted octanol–water partition coefficient (Wildman–Crippen LogP) is 4.43. The number of sulfonamides is 1. The highest BCUT2D eigenvalue weighted by Crippen LogP contribution is 2.25. The molecule has 8 heteroatoms. The summed E-state index contributed by atoms with van der Waals surface area (Å²) < 4.78 is 38.8. The Morgan fingerprint density at radius 1 is 0.943 bits per heavy atom. The molecule has 0 bridgehead atoms. The second-order valence-corrected chi connectivity index (χ2v) is 9.79. The summed E-state index contributed by atoms with van der Waals surface area (Å²) in [5.41, 5.74) is 1.47. The Kier molecular flexibility index (Phi) is 9.55.